The maximum absolute atomic E-state index is 11.0. The van der Waals surface area contributed by atoms with Gasteiger partial charge in [0.2, 0.25) is 0 Å². The van der Waals surface area contributed by atoms with Crippen molar-refractivity contribution in [3.8, 4) is 0 Å². The van der Waals surface area contributed by atoms with Gasteiger partial charge in [-0.25, -0.2) is 0 Å². The number of nitrogens with zero attached hydrogens (tertiary/aromatic N) is 3. The van der Waals surface area contributed by atoms with Crippen molar-refractivity contribution >= 4 is 11.6 Å². The molecule has 1 aliphatic heterocycles. The minimum Gasteiger partial charge on any atom is -0.385 e. The summed E-state index contributed by atoms with van der Waals surface area (Å²) in [6.45, 7) is 3.25. The first-order valence-corrected chi connectivity index (χ1v) is 7.71. The van der Waals surface area contributed by atoms with E-state index in [1.165, 1.54) is 0 Å². The van der Waals surface area contributed by atoms with Crippen molar-refractivity contribution in [3.05, 3.63) is 16.9 Å². The largest absolute Gasteiger partial charge is 0.385 e. The number of aryl methyl sites for hydroxylation is 1. The molecule has 1 atom stereocenters. The number of morpholine rings is 1. The van der Waals surface area contributed by atoms with Gasteiger partial charge in [0, 0.05) is 20.1 Å². The lowest BCUT2D eigenvalue weighted by molar-refractivity contribution is -0.0796. The molecule has 1 N–H and O–H groups in total. The summed E-state index contributed by atoms with van der Waals surface area (Å²) in [6.07, 6.45) is 5.35. The number of hydrogen-bond donors (Lipinski definition) is 1. The van der Waals surface area contributed by atoms with Gasteiger partial charge in [-0.15, -0.1) is 0 Å². The maximum atomic E-state index is 11.0. The number of ether oxygens (including phenoxy) is 1. The summed E-state index contributed by atoms with van der Waals surface area (Å²) in [7, 11) is 1.84. The Kier molecular flexibility index (Phi) is 4.04. The Hall–Kier alpha value is -0.620. The van der Waals surface area contributed by atoms with Crippen molar-refractivity contribution < 1.29 is 9.84 Å². The first-order chi connectivity index (χ1) is 9.65. The van der Waals surface area contributed by atoms with Crippen LogP contribution in [0.3, 0.4) is 0 Å². The fraction of sp³-hybridized carbons (Fsp3) is 0.786. The van der Waals surface area contributed by atoms with Gasteiger partial charge in [0.05, 0.1) is 35.7 Å². The molecule has 2 aliphatic rings. The number of rotatable bonds is 3. The second kappa shape index (κ2) is 5.64. The summed E-state index contributed by atoms with van der Waals surface area (Å²) in [5, 5.41) is 15.8. The minimum absolute atomic E-state index is 0.207. The molecule has 3 rings (SSSR count). The fourth-order valence-corrected chi connectivity index (χ4v) is 4.01. The molecule has 5 nitrogen and oxygen atoms in total. The second-order valence-corrected chi connectivity index (χ2v) is 6.22. The van der Waals surface area contributed by atoms with Crippen LogP contribution in [0.2, 0.25) is 5.02 Å². The van der Waals surface area contributed by atoms with Gasteiger partial charge in [-0.2, -0.15) is 5.10 Å². The summed E-state index contributed by atoms with van der Waals surface area (Å²) >= 11 is 6.23. The Morgan fingerprint density at radius 2 is 2.00 bits per heavy atom. The predicted molar refractivity (Wildman–Crippen MR) is 76.8 cm³/mol. The highest BCUT2D eigenvalue weighted by atomic mass is 35.5. The zero-order valence-electron chi connectivity index (χ0n) is 11.9. The van der Waals surface area contributed by atoms with Crippen molar-refractivity contribution in [2.24, 2.45) is 7.05 Å². The number of halogens is 1. The van der Waals surface area contributed by atoms with Crippen LogP contribution in [0.4, 0.5) is 0 Å². The van der Waals surface area contributed by atoms with Crippen molar-refractivity contribution in [3.63, 3.8) is 0 Å². The summed E-state index contributed by atoms with van der Waals surface area (Å²) in [5.41, 5.74) is 0.529. The molecule has 1 unspecified atom stereocenters. The molecule has 0 aromatic carbocycles. The quantitative estimate of drug-likeness (QED) is 0.924. The zero-order valence-corrected chi connectivity index (χ0v) is 12.6. The Morgan fingerprint density at radius 1 is 1.35 bits per heavy atom. The van der Waals surface area contributed by atoms with Crippen LogP contribution in [-0.2, 0) is 11.8 Å². The average Bonchev–Trinajstić information content (AvgIpc) is 3.08. The molecule has 1 aromatic heterocycles. The molecular formula is C14H22ClN3O2. The molecule has 1 aliphatic carbocycles. The minimum atomic E-state index is -0.594. The molecule has 6 heteroatoms. The van der Waals surface area contributed by atoms with Crippen LogP contribution < -0.4 is 0 Å². The summed E-state index contributed by atoms with van der Waals surface area (Å²) < 4.78 is 7.16. The van der Waals surface area contributed by atoms with Crippen LogP contribution in [0.1, 0.15) is 37.5 Å². The molecule has 20 heavy (non-hydrogen) atoms. The second-order valence-electron chi connectivity index (χ2n) is 5.81. The summed E-state index contributed by atoms with van der Waals surface area (Å²) in [6, 6.07) is 0. The monoisotopic (exact) mass is 299 g/mol. The van der Waals surface area contributed by atoms with Gasteiger partial charge in [-0.05, 0) is 12.8 Å². The van der Waals surface area contributed by atoms with E-state index in [-0.39, 0.29) is 5.54 Å². The molecule has 0 amide bonds. The Balaban J connectivity index is 1.93. The van der Waals surface area contributed by atoms with Gasteiger partial charge in [0.1, 0.15) is 6.10 Å². The molecule has 0 spiro atoms. The van der Waals surface area contributed by atoms with Crippen LogP contribution in [0, 0.1) is 0 Å². The van der Waals surface area contributed by atoms with Gasteiger partial charge in [0.25, 0.3) is 0 Å². The molecule has 112 valence electrons. The van der Waals surface area contributed by atoms with Crippen molar-refractivity contribution in [1.82, 2.24) is 14.7 Å². The zero-order chi connectivity index (χ0) is 14.2. The van der Waals surface area contributed by atoms with E-state index in [4.69, 9.17) is 16.3 Å². The predicted octanol–water partition coefficient (Wildman–Crippen LogP) is 1.75. The van der Waals surface area contributed by atoms with E-state index in [1.807, 2.05) is 7.05 Å². The highest BCUT2D eigenvalue weighted by Gasteiger charge is 2.47. The first-order valence-electron chi connectivity index (χ1n) is 7.33. The third-order valence-electron chi connectivity index (χ3n) is 4.82. The van der Waals surface area contributed by atoms with E-state index in [0.29, 0.717) is 5.02 Å². The molecule has 1 saturated heterocycles. The van der Waals surface area contributed by atoms with Crippen LogP contribution in [-0.4, -0.2) is 51.6 Å². The van der Waals surface area contributed by atoms with Crippen LogP contribution in [0.5, 0.6) is 0 Å². The molecule has 1 saturated carbocycles. The van der Waals surface area contributed by atoms with Gasteiger partial charge in [0.15, 0.2) is 0 Å². The van der Waals surface area contributed by atoms with Crippen LogP contribution in [0.15, 0.2) is 6.20 Å². The molecular weight excluding hydrogens is 278 g/mol. The molecule has 1 aromatic rings. The number of aliphatic hydroxyl groups is 1. The highest BCUT2D eigenvalue weighted by molar-refractivity contribution is 6.31. The van der Waals surface area contributed by atoms with Gasteiger partial charge in [-0.1, -0.05) is 24.4 Å². The topological polar surface area (TPSA) is 50.5 Å². The standard InChI is InChI=1S/C14H22ClN3O2/c1-17-12(11(15)10-16-17)13(19)14(4-2-3-5-14)18-6-8-20-9-7-18/h10,13,19H,2-9H2,1H3. The number of hydrogen-bond acceptors (Lipinski definition) is 4. The van der Waals surface area contributed by atoms with E-state index < -0.39 is 6.10 Å². The Morgan fingerprint density at radius 3 is 2.55 bits per heavy atom. The molecule has 2 heterocycles. The van der Waals surface area contributed by atoms with E-state index in [0.717, 1.165) is 57.7 Å². The van der Waals surface area contributed by atoms with Gasteiger partial charge < -0.3 is 9.84 Å². The summed E-state index contributed by atoms with van der Waals surface area (Å²) in [5.74, 6) is 0. The molecule has 2 fully saturated rings. The van der Waals surface area contributed by atoms with Crippen LogP contribution in [0.25, 0.3) is 0 Å². The third-order valence-corrected chi connectivity index (χ3v) is 5.11. The number of aliphatic hydroxyl groups excluding tert-OH is 1. The SMILES string of the molecule is Cn1ncc(Cl)c1C(O)C1(N2CCOCC2)CCCC1. The number of aromatic nitrogens is 2. The van der Waals surface area contributed by atoms with Crippen molar-refractivity contribution in [2.75, 3.05) is 26.3 Å². The maximum Gasteiger partial charge on any atom is 0.115 e. The highest BCUT2D eigenvalue weighted by Crippen LogP contribution is 2.46. The fourth-order valence-electron chi connectivity index (χ4n) is 3.74. The molecule has 0 radical (unpaired) electrons. The lowest BCUT2D eigenvalue weighted by atomic mass is 9.85. The lowest BCUT2D eigenvalue weighted by Gasteiger charge is -2.46. The average molecular weight is 300 g/mol. The normalized spacial score (nSPS) is 24.9. The first kappa shape index (κ1) is 14.3. The van der Waals surface area contributed by atoms with Gasteiger partial charge in [-0.3, -0.25) is 9.58 Å². The third kappa shape index (κ3) is 2.26. The molecule has 0 bridgehead atoms. The Bertz CT molecular complexity index is 445. The Labute approximate surface area is 124 Å². The lowest BCUT2D eigenvalue weighted by Crippen LogP contribution is -2.55. The van der Waals surface area contributed by atoms with Crippen molar-refractivity contribution in [1.29, 1.82) is 0 Å². The van der Waals surface area contributed by atoms with E-state index in [9.17, 15) is 5.11 Å². The van der Waals surface area contributed by atoms with Crippen molar-refractivity contribution in [2.45, 2.75) is 37.3 Å². The van der Waals surface area contributed by atoms with Crippen LogP contribution >= 0.6 is 11.6 Å². The van der Waals surface area contributed by atoms with E-state index in [1.54, 1.807) is 10.9 Å². The smallest absolute Gasteiger partial charge is 0.115 e. The van der Waals surface area contributed by atoms with E-state index >= 15 is 0 Å². The van der Waals surface area contributed by atoms with E-state index in [2.05, 4.69) is 10.00 Å². The summed E-state index contributed by atoms with van der Waals surface area (Å²) in [4.78, 5) is 2.40. The van der Waals surface area contributed by atoms with Gasteiger partial charge >= 0.3 is 0 Å².